The van der Waals surface area contributed by atoms with Crippen LogP contribution >= 0.6 is 0 Å². The van der Waals surface area contributed by atoms with Gasteiger partial charge >= 0.3 is 0 Å². The molecule has 0 spiro atoms. The molecule has 2 unspecified atom stereocenters. The molecule has 3 heterocycles. The fourth-order valence-electron chi connectivity index (χ4n) is 4.69. The van der Waals surface area contributed by atoms with Crippen LogP contribution in [0, 0.1) is 6.92 Å². The molecule has 0 radical (unpaired) electrons. The first-order chi connectivity index (χ1) is 9.79. The van der Waals surface area contributed by atoms with E-state index in [2.05, 4.69) is 61.2 Å². The molecular formula is C17H30N4. The third kappa shape index (κ3) is 2.52. The Bertz CT molecular complexity index is 497. The van der Waals surface area contributed by atoms with Crippen LogP contribution in [-0.2, 0) is 0 Å². The lowest BCUT2D eigenvalue weighted by Gasteiger charge is -2.47. The summed E-state index contributed by atoms with van der Waals surface area (Å²) in [6, 6.07) is 2.06. The molecule has 4 heteroatoms. The molecule has 1 aromatic heterocycles. The van der Waals surface area contributed by atoms with Crippen molar-refractivity contribution in [2.24, 2.45) is 0 Å². The zero-order valence-corrected chi connectivity index (χ0v) is 14.4. The lowest BCUT2D eigenvalue weighted by Crippen LogP contribution is -2.53. The highest BCUT2D eigenvalue weighted by atomic mass is 15.3. The Balaban J connectivity index is 1.87. The van der Waals surface area contributed by atoms with E-state index in [1.165, 1.54) is 31.5 Å². The van der Waals surface area contributed by atoms with Gasteiger partial charge in [-0.25, -0.2) is 0 Å². The van der Waals surface area contributed by atoms with Crippen molar-refractivity contribution in [1.29, 1.82) is 0 Å². The van der Waals surface area contributed by atoms with Crippen molar-refractivity contribution in [3.8, 4) is 0 Å². The molecule has 0 saturated carbocycles. The summed E-state index contributed by atoms with van der Waals surface area (Å²) >= 11 is 0. The maximum absolute atomic E-state index is 4.43. The predicted molar refractivity (Wildman–Crippen MR) is 85.5 cm³/mol. The number of hydrogen-bond acceptors (Lipinski definition) is 3. The molecule has 0 N–H and O–H groups in total. The molecule has 118 valence electrons. The van der Waals surface area contributed by atoms with Crippen LogP contribution in [0.15, 0.2) is 0 Å². The van der Waals surface area contributed by atoms with E-state index in [0.717, 1.165) is 17.9 Å². The SMILES string of the molecule is Cc1nnc(C(C)C)n1C1CC2CCC(C1)N2C(C)(C)C. The lowest BCUT2D eigenvalue weighted by molar-refractivity contribution is 0.0239. The summed E-state index contributed by atoms with van der Waals surface area (Å²) in [5.41, 5.74) is 0.292. The second-order valence-electron chi connectivity index (χ2n) is 8.22. The van der Waals surface area contributed by atoms with E-state index in [1.54, 1.807) is 0 Å². The van der Waals surface area contributed by atoms with Crippen LogP contribution in [0.25, 0.3) is 0 Å². The molecule has 2 bridgehead atoms. The summed E-state index contributed by atoms with van der Waals surface area (Å²) in [7, 11) is 0. The fourth-order valence-corrected chi connectivity index (χ4v) is 4.69. The molecule has 0 aromatic carbocycles. The fraction of sp³-hybridized carbons (Fsp3) is 0.882. The molecular weight excluding hydrogens is 260 g/mol. The van der Waals surface area contributed by atoms with Gasteiger partial charge in [-0.3, -0.25) is 4.90 Å². The monoisotopic (exact) mass is 290 g/mol. The standard InChI is InChI=1S/C17H30N4/c1-11(2)16-19-18-12(3)20(16)15-9-13-7-8-14(10-15)21(13)17(4,5)6/h11,13-15H,7-10H2,1-6H3. The molecule has 0 amide bonds. The van der Waals surface area contributed by atoms with Crippen molar-refractivity contribution in [3.63, 3.8) is 0 Å². The van der Waals surface area contributed by atoms with E-state index in [4.69, 9.17) is 0 Å². The first kappa shape index (κ1) is 15.0. The minimum Gasteiger partial charge on any atom is -0.312 e. The highest BCUT2D eigenvalue weighted by Gasteiger charge is 2.46. The maximum atomic E-state index is 4.43. The summed E-state index contributed by atoms with van der Waals surface area (Å²) in [4.78, 5) is 2.78. The minimum absolute atomic E-state index is 0.292. The predicted octanol–water partition coefficient (Wildman–Crippen LogP) is 3.68. The summed E-state index contributed by atoms with van der Waals surface area (Å²) in [6.07, 6.45) is 5.23. The molecule has 2 atom stereocenters. The van der Waals surface area contributed by atoms with E-state index < -0.39 is 0 Å². The second kappa shape index (κ2) is 5.08. The minimum atomic E-state index is 0.292. The summed E-state index contributed by atoms with van der Waals surface area (Å²) in [5.74, 6) is 2.71. The van der Waals surface area contributed by atoms with Gasteiger partial charge in [-0.1, -0.05) is 13.8 Å². The Morgan fingerprint density at radius 1 is 1.00 bits per heavy atom. The summed E-state index contributed by atoms with van der Waals surface area (Å²) in [5, 5.41) is 8.78. The molecule has 1 aromatic rings. The average molecular weight is 290 g/mol. The molecule has 2 aliphatic rings. The van der Waals surface area contributed by atoms with Crippen LogP contribution in [-0.4, -0.2) is 37.3 Å². The van der Waals surface area contributed by atoms with E-state index in [-0.39, 0.29) is 0 Å². The van der Waals surface area contributed by atoms with Crippen molar-refractivity contribution in [3.05, 3.63) is 11.6 Å². The van der Waals surface area contributed by atoms with Crippen molar-refractivity contribution >= 4 is 0 Å². The van der Waals surface area contributed by atoms with E-state index in [1.807, 2.05) is 0 Å². The number of hydrogen-bond donors (Lipinski definition) is 0. The van der Waals surface area contributed by atoms with E-state index >= 15 is 0 Å². The zero-order valence-electron chi connectivity index (χ0n) is 14.4. The number of aryl methyl sites for hydroxylation is 1. The zero-order chi connectivity index (χ0) is 15.4. The molecule has 0 aliphatic carbocycles. The van der Waals surface area contributed by atoms with Crippen molar-refractivity contribution in [2.75, 3.05) is 0 Å². The molecule has 3 rings (SSSR count). The van der Waals surface area contributed by atoms with Gasteiger partial charge < -0.3 is 4.57 Å². The number of nitrogens with zero attached hydrogens (tertiary/aromatic N) is 4. The highest BCUT2D eigenvalue weighted by molar-refractivity contribution is 5.07. The van der Waals surface area contributed by atoms with Gasteiger partial charge in [0, 0.05) is 29.6 Å². The van der Waals surface area contributed by atoms with Gasteiger partial charge in [-0.05, 0) is 53.4 Å². The number of rotatable bonds is 2. The Labute approximate surface area is 128 Å². The van der Waals surface area contributed by atoms with Gasteiger partial charge in [-0.2, -0.15) is 0 Å². The molecule has 4 nitrogen and oxygen atoms in total. The van der Waals surface area contributed by atoms with Crippen molar-refractivity contribution in [2.45, 2.75) is 96.8 Å². The lowest BCUT2D eigenvalue weighted by atomic mass is 9.91. The quantitative estimate of drug-likeness (QED) is 0.833. The Morgan fingerprint density at radius 3 is 2.05 bits per heavy atom. The van der Waals surface area contributed by atoms with E-state index in [0.29, 0.717) is 17.5 Å². The van der Waals surface area contributed by atoms with Crippen LogP contribution in [0.3, 0.4) is 0 Å². The van der Waals surface area contributed by atoms with Gasteiger partial charge in [0.15, 0.2) is 0 Å². The van der Waals surface area contributed by atoms with Crippen LogP contribution in [0.2, 0.25) is 0 Å². The number of fused-ring (bicyclic) bond motifs is 2. The number of aromatic nitrogens is 3. The third-order valence-electron chi connectivity index (χ3n) is 5.26. The first-order valence-corrected chi connectivity index (χ1v) is 8.49. The Kier molecular flexibility index (Phi) is 3.63. The largest absolute Gasteiger partial charge is 0.312 e. The molecule has 2 aliphatic heterocycles. The van der Waals surface area contributed by atoms with Crippen LogP contribution in [0.1, 0.15) is 83.9 Å². The molecule has 2 saturated heterocycles. The second-order valence-corrected chi connectivity index (χ2v) is 8.22. The van der Waals surface area contributed by atoms with Gasteiger partial charge in [0.05, 0.1) is 0 Å². The summed E-state index contributed by atoms with van der Waals surface area (Å²) < 4.78 is 2.44. The topological polar surface area (TPSA) is 34.0 Å². The average Bonchev–Trinajstić information content (AvgIpc) is 2.88. The maximum Gasteiger partial charge on any atom is 0.135 e. The Morgan fingerprint density at radius 2 is 1.57 bits per heavy atom. The Hall–Kier alpha value is -0.900. The normalized spacial score (nSPS) is 30.3. The van der Waals surface area contributed by atoms with Crippen LogP contribution in [0.4, 0.5) is 0 Å². The van der Waals surface area contributed by atoms with Gasteiger partial charge in [0.25, 0.3) is 0 Å². The summed E-state index contributed by atoms with van der Waals surface area (Å²) in [6.45, 7) is 13.6. The van der Waals surface area contributed by atoms with Crippen molar-refractivity contribution in [1.82, 2.24) is 19.7 Å². The van der Waals surface area contributed by atoms with E-state index in [9.17, 15) is 0 Å². The smallest absolute Gasteiger partial charge is 0.135 e. The number of piperidine rings is 1. The molecule has 21 heavy (non-hydrogen) atoms. The van der Waals surface area contributed by atoms with Gasteiger partial charge in [0.1, 0.15) is 11.6 Å². The highest BCUT2D eigenvalue weighted by Crippen LogP contribution is 2.45. The third-order valence-corrected chi connectivity index (χ3v) is 5.26. The first-order valence-electron chi connectivity index (χ1n) is 8.49. The van der Waals surface area contributed by atoms with Crippen molar-refractivity contribution < 1.29 is 0 Å². The molecule has 2 fully saturated rings. The van der Waals surface area contributed by atoms with Gasteiger partial charge in [-0.15, -0.1) is 10.2 Å². The van der Waals surface area contributed by atoms with Gasteiger partial charge in [0.2, 0.25) is 0 Å². The van der Waals surface area contributed by atoms with Crippen LogP contribution in [0.5, 0.6) is 0 Å². The van der Waals surface area contributed by atoms with Crippen LogP contribution < -0.4 is 0 Å².